The molecule has 4 heteroatoms. The van der Waals surface area contributed by atoms with Crippen molar-refractivity contribution in [3.05, 3.63) is 54.4 Å². The normalized spacial score (nSPS) is 27.9. The van der Waals surface area contributed by atoms with E-state index in [9.17, 15) is 9.18 Å². The molecule has 82 valence electrons. The van der Waals surface area contributed by atoms with Gasteiger partial charge in [-0.15, -0.1) is 0 Å². The molecule has 1 aliphatic rings. The van der Waals surface area contributed by atoms with E-state index in [1.165, 1.54) is 18.3 Å². The minimum atomic E-state index is -1.94. The zero-order valence-corrected chi connectivity index (χ0v) is 8.51. The van der Waals surface area contributed by atoms with Crippen LogP contribution in [-0.2, 0) is 10.5 Å². The Morgan fingerprint density at radius 3 is 2.88 bits per heavy atom. The molecule has 0 spiro atoms. The van der Waals surface area contributed by atoms with Crippen molar-refractivity contribution in [2.24, 2.45) is 11.7 Å². The highest BCUT2D eigenvalue weighted by atomic mass is 19.1. The van der Waals surface area contributed by atoms with Crippen LogP contribution in [-0.4, -0.2) is 10.9 Å². The van der Waals surface area contributed by atoms with Crippen LogP contribution in [0.3, 0.4) is 0 Å². The van der Waals surface area contributed by atoms with Crippen molar-refractivity contribution < 1.29 is 9.18 Å². The summed E-state index contributed by atoms with van der Waals surface area (Å²) < 4.78 is 14.7. The summed E-state index contributed by atoms with van der Waals surface area (Å²) in [4.78, 5) is 15.2. The number of nitrogens with zero attached hydrogens (tertiary/aromatic N) is 1. The summed E-state index contributed by atoms with van der Waals surface area (Å²) in [5, 5.41) is 0. The number of amides is 1. The smallest absolute Gasteiger partial charge is 0.228 e. The molecule has 1 amide bonds. The van der Waals surface area contributed by atoms with Crippen molar-refractivity contribution in [2.75, 3.05) is 0 Å². The highest BCUT2D eigenvalue weighted by molar-refractivity contribution is 5.81. The van der Waals surface area contributed by atoms with Crippen molar-refractivity contribution in [1.29, 1.82) is 0 Å². The van der Waals surface area contributed by atoms with Crippen molar-refractivity contribution in [2.45, 2.75) is 5.67 Å². The van der Waals surface area contributed by atoms with Crippen LogP contribution in [0, 0.1) is 5.92 Å². The Labute approximate surface area is 92.5 Å². The molecule has 0 radical (unpaired) electrons. The molecule has 2 rings (SSSR count). The number of aromatic nitrogens is 1. The topological polar surface area (TPSA) is 56.0 Å². The number of pyridine rings is 1. The molecule has 2 atom stereocenters. The van der Waals surface area contributed by atoms with Crippen LogP contribution in [0.2, 0.25) is 0 Å². The maximum absolute atomic E-state index is 14.7. The molecule has 1 heterocycles. The molecule has 1 aromatic rings. The number of halogens is 1. The first kappa shape index (κ1) is 10.5. The van der Waals surface area contributed by atoms with Gasteiger partial charge in [-0.05, 0) is 18.2 Å². The zero-order chi connectivity index (χ0) is 11.6. The number of carbonyl (C=O) groups excluding carboxylic acids is 1. The van der Waals surface area contributed by atoms with E-state index in [4.69, 9.17) is 5.73 Å². The molecule has 0 aliphatic heterocycles. The quantitative estimate of drug-likeness (QED) is 0.817. The number of primary amides is 1. The fourth-order valence-electron chi connectivity index (χ4n) is 1.75. The minimum Gasteiger partial charge on any atom is -0.369 e. The molecular weight excluding hydrogens is 207 g/mol. The summed E-state index contributed by atoms with van der Waals surface area (Å²) in [7, 11) is 0. The first-order valence-corrected chi connectivity index (χ1v) is 4.90. The van der Waals surface area contributed by atoms with Gasteiger partial charge in [-0.2, -0.15) is 0 Å². The summed E-state index contributed by atoms with van der Waals surface area (Å²) >= 11 is 0. The first-order valence-electron chi connectivity index (χ1n) is 4.90. The van der Waals surface area contributed by atoms with Crippen molar-refractivity contribution in [3.8, 4) is 0 Å². The Kier molecular flexibility index (Phi) is 2.56. The lowest BCUT2D eigenvalue weighted by Gasteiger charge is -2.28. The molecule has 3 nitrogen and oxygen atoms in total. The SMILES string of the molecule is NC(=O)C1C=CC=CC1(F)c1ccccn1. The number of carbonyl (C=O) groups is 1. The molecule has 1 aromatic heterocycles. The third-order valence-corrected chi connectivity index (χ3v) is 2.57. The third kappa shape index (κ3) is 1.62. The largest absolute Gasteiger partial charge is 0.369 e. The number of hydrogen-bond acceptors (Lipinski definition) is 2. The second kappa shape index (κ2) is 3.89. The lowest BCUT2D eigenvalue weighted by atomic mass is 9.82. The molecular formula is C12H11FN2O. The highest BCUT2D eigenvalue weighted by Gasteiger charge is 2.42. The predicted molar refractivity (Wildman–Crippen MR) is 58.0 cm³/mol. The molecule has 2 unspecified atom stereocenters. The molecule has 0 aromatic carbocycles. The molecule has 1 aliphatic carbocycles. The van der Waals surface area contributed by atoms with E-state index in [1.807, 2.05) is 0 Å². The lowest BCUT2D eigenvalue weighted by molar-refractivity contribution is -0.123. The Bertz CT molecular complexity index is 455. The van der Waals surface area contributed by atoms with E-state index in [2.05, 4.69) is 4.98 Å². The summed E-state index contributed by atoms with van der Waals surface area (Å²) in [6, 6.07) is 4.90. The summed E-state index contributed by atoms with van der Waals surface area (Å²) in [6.07, 6.45) is 7.41. The van der Waals surface area contributed by atoms with Gasteiger partial charge in [-0.25, -0.2) is 4.39 Å². The first-order chi connectivity index (χ1) is 7.64. The Morgan fingerprint density at radius 2 is 2.25 bits per heavy atom. The Hall–Kier alpha value is -1.97. The van der Waals surface area contributed by atoms with Gasteiger partial charge < -0.3 is 5.73 Å². The number of nitrogens with two attached hydrogens (primary N) is 1. The van der Waals surface area contributed by atoms with Crippen LogP contribution < -0.4 is 5.73 Å². The third-order valence-electron chi connectivity index (χ3n) is 2.57. The van der Waals surface area contributed by atoms with E-state index >= 15 is 0 Å². The van der Waals surface area contributed by atoms with Crippen LogP contribution in [0.1, 0.15) is 5.69 Å². The van der Waals surface area contributed by atoms with E-state index in [-0.39, 0.29) is 5.69 Å². The van der Waals surface area contributed by atoms with Crippen LogP contribution >= 0.6 is 0 Å². The van der Waals surface area contributed by atoms with Crippen molar-refractivity contribution >= 4 is 5.91 Å². The Balaban J connectivity index is 2.47. The summed E-state index contributed by atoms with van der Waals surface area (Å²) in [5.74, 6) is -1.71. The monoisotopic (exact) mass is 218 g/mol. The molecule has 0 bridgehead atoms. The summed E-state index contributed by atoms with van der Waals surface area (Å²) in [5.41, 5.74) is 3.44. The Morgan fingerprint density at radius 1 is 1.44 bits per heavy atom. The van der Waals surface area contributed by atoms with E-state index in [0.717, 1.165) is 0 Å². The standard InChI is InChI=1S/C12H11FN2O/c13-12(10-6-2-4-8-15-10)7-3-1-5-9(12)11(14)16/h1-9H,(H2,14,16). The van der Waals surface area contributed by atoms with Gasteiger partial charge in [0.2, 0.25) is 5.91 Å². The maximum Gasteiger partial charge on any atom is 0.228 e. The summed E-state index contributed by atoms with van der Waals surface area (Å²) in [6.45, 7) is 0. The second-order valence-electron chi connectivity index (χ2n) is 3.61. The van der Waals surface area contributed by atoms with Gasteiger partial charge in [0, 0.05) is 6.20 Å². The van der Waals surface area contributed by atoms with Crippen molar-refractivity contribution in [1.82, 2.24) is 4.98 Å². The van der Waals surface area contributed by atoms with Gasteiger partial charge in [-0.1, -0.05) is 24.3 Å². The fourth-order valence-corrected chi connectivity index (χ4v) is 1.75. The van der Waals surface area contributed by atoms with E-state index < -0.39 is 17.5 Å². The number of rotatable bonds is 2. The second-order valence-corrected chi connectivity index (χ2v) is 3.61. The van der Waals surface area contributed by atoms with E-state index in [0.29, 0.717) is 0 Å². The average molecular weight is 218 g/mol. The highest BCUT2D eigenvalue weighted by Crippen LogP contribution is 2.37. The number of hydrogen-bond donors (Lipinski definition) is 1. The molecule has 2 N–H and O–H groups in total. The van der Waals surface area contributed by atoms with Gasteiger partial charge in [0.05, 0.1) is 11.6 Å². The van der Waals surface area contributed by atoms with Crippen LogP contribution in [0.5, 0.6) is 0 Å². The predicted octanol–water partition coefficient (Wildman–Crippen LogP) is 1.47. The minimum absolute atomic E-state index is 0.194. The van der Waals surface area contributed by atoms with E-state index in [1.54, 1.807) is 30.4 Å². The fraction of sp³-hybridized carbons (Fsp3) is 0.167. The average Bonchev–Trinajstić information content (AvgIpc) is 2.30. The van der Waals surface area contributed by atoms with Crippen LogP contribution in [0.15, 0.2) is 48.7 Å². The van der Waals surface area contributed by atoms with Gasteiger partial charge >= 0.3 is 0 Å². The van der Waals surface area contributed by atoms with Gasteiger partial charge in [0.15, 0.2) is 5.67 Å². The maximum atomic E-state index is 14.7. The number of allylic oxidation sites excluding steroid dienone is 3. The van der Waals surface area contributed by atoms with Gasteiger partial charge in [-0.3, -0.25) is 9.78 Å². The van der Waals surface area contributed by atoms with Crippen molar-refractivity contribution in [3.63, 3.8) is 0 Å². The zero-order valence-electron chi connectivity index (χ0n) is 8.51. The van der Waals surface area contributed by atoms with Gasteiger partial charge in [0.1, 0.15) is 0 Å². The molecule has 0 saturated carbocycles. The lowest BCUT2D eigenvalue weighted by Crippen LogP contribution is -2.38. The molecule has 0 fully saturated rings. The molecule has 0 saturated heterocycles. The van der Waals surface area contributed by atoms with Gasteiger partial charge in [0.25, 0.3) is 0 Å². The van der Waals surface area contributed by atoms with Crippen LogP contribution in [0.25, 0.3) is 0 Å². The molecule has 16 heavy (non-hydrogen) atoms. The number of alkyl halides is 1. The van der Waals surface area contributed by atoms with Crippen LogP contribution in [0.4, 0.5) is 4.39 Å².